The van der Waals surface area contributed by atoms with Gasteiger partial charge in [0.15, 0.2) is 0 Å². The van der Waals surface area contributed by atoms with E-state index in [-0.39, 0.29) is 24.1 Å². The van der Waals surface area contributed by atoms with Gasteiger partial charge in [0.2, 0.25) is 5.91 Å². The Morgan fingerprint density at radius 3 is 2.63 bits per heavy atom. The van der Waals surface area contributed by atoms with E-state index in [4.69, 9.17) is 14.5 Å². The molecule has 1 saturated heterocycles. The van der Waals surface area contributed by atoms with Crippen LogP contribution in [0.4, 0.5) is 0 Å². The molecule has 0 aliphatic carbocycles. The highest BCUT2D eigenvalue weighted by Gasteiger charge is 2.26. The third-order valence-corrected chi connectivity index (χ3v) is 6.83. The summed E-state index contributed by atoms with van der Waals surface area (Å²) >= 11 is 0. The molecule has 0 saturated carbocycles. The van der Waals surface area contributed by atoms with Gasteiger partial charge >= 0.3 is 0 Å². The molecule has 0 atom stereocenters. The maximum Gasteiger partial charge on any atom is 0.262 e. The number of carbonyl (C=O) groups is 1. The van der Waals surface area contributed by atoms with E-state index in [1.807, 2.05) is 45.0 Å². The van der Waals surface area contributed by atoms with Crippen LogP contribution in [0.5, 0.6) is 11.5 Å². The zero-order valence-electron chi connectivity index (χ0n) is 22.7. The molecular formula is C29H38N4O5. The molecule has 0 radical (unpaired) electrons. The summed E-state index contributed by atoms with van der Waals surface area (Å²) in [5, 5.41) is 13.4. The smallest absolute Gasteiger partial charge is 0.262 e. The van der Waals surface area contributed by atoms with Gasteiger partial charge in [-0.2, -0.15) is 0 Å². The van der Waals surface area contributed by atoms with Crippen molar-refractivity contribution in [3.05, 3.63) is 52.8 Å². The van der Waals surface area contributed by atoms with Crippen LogP contribution in [-0.2, 0) is 11.3 Å². The molecule has 3 aromatic rings. The summed E-state index contributed by atoms with van der Waals surface area (Å²) in [4.78, 5) is 33.4. The maximum absolute atomic E-state index is 13.7. The number of piperidine rings is 1. The third-order valence-electron chi connectivity index (χ3n) is 6.83. The first kappa shape index (κ1) is 27.6. The molecular weight excluding hydrogens is 484 g/mol. The highest BCUT2D eigenvalue weighted by molar-refractivity contribution is 5.83. The molecule has 2 N–H and O–H groups in total. The number of aromatic nitrogens is 2. The second-order valence-electron chi connectivity index (χ2n) is 10.5. The van der Waals surface area contributed by atoms with Crippen molar-refractivity contribution in [2.75, 3.05) is 33.4 Å². The molecule has 1 amide bonds. The van der Waals surface area contributed by atoms with Gasteiger partial charge in [-0.25, -0.2) is 4.98 Å². The van der Waals surface area contributed by atoms with Gasteiger partial charge in [0.1, 0.15) is 23.9 Å². The fraction of sp³-hybridized carbons (Fsp3) is 0.483. The number of benzene rings is 2. The van der Waals surface area contributed by atoms with E-state index in [9.17, 15) is 14.7 Å². The van der Waals surface area contributed by atoms with Crippen LogP contribution in [0.3, 0.4) is 0 Å². The number of hydrogen-bond donors (Lipinski definition) is 2. The molecule has 9 nitrogen and oxygen atoms in total. The van der Waals surface area contributed by atoms with Gasteiger partial charge in [-0.05, 0) is 70.4 Å². The maximum atomic E-state index is 13.7. The van der Waals surface area contributed by atoms with Crippen molar-refractivity contribution in [1.29, 1.82) is 0 Å². The van der Waals surface area contributed by atoms with Gasteiger partial charge in [-0.3, -0.25) is 14.2 Å². The Morgan fingerprint density at radius 2 is 1.92 bits per heavy atom. The Hall–Kier alpha value is -3.43. The van der Waals surface area contributed by atoms with Crippen LogP contribution in [0.15, 0.2) is 47.3 Å². The van der Waals surface area contributed by atoms with Crippen molar-refractivity contribution in [1.82, 2.24) is 19.8 Å². The lowest BCUT2D eigenvalue weighted by molar-refractivity contribution is -0.122. The topological polar surface area (TPSA) is 106 Å². The minimum absolute atomic E-state index is 0.0509. The summed E-state index contributed by atoms with van der Waals surface area (Å²) in [6, 6.07) is 12.5. The second kappa shape index (κ2) is 12.0. The lowest BCUT2D eigenvalue weighted by Gasteiger charge is -2.35. The first-order valence-electron chi connectivity index (χ1n) is 13.2. The average Bonchev–Trinajstić information content (AvgIpc) is 2.88. The molecule has 1 aromatic heterocycles. The number of nitrogens with zero attached hydrogens (tertiary/aromatic N) is 3. The van der Waals surface area contributed by atoms with Gasteiger partial charge in [-0.1, -0.05) is 12.1 Å². The summed E-state index contributed by atoms with van der Waals surface area (Å²) < 4.78 is 12.7. The number of likely N-dealkylation sites (tertiary alicyclic amines) is 1. The van der Waals surface area contributed by atoms with E-state index in [1.54, 1.807) is 25.3 Å². The summed E-state index contributed by atoms with van der Waals surface area (Å²) in [5.74, 6) is 1.35. The average molecular weight is 523 g/mol. The molecule has 4 rings (SSSR count). The van der Waals surface area contributed by atoms with E-state index >= 15 is 0 Å². The number of amides is 1. The number of nitrogens with one attached hydrogen (secondary N) is 1. The zero-order chi connectivity index (χ0) is 27.3. The zero-order valence-corrected chi connectivity index (χ0v) is 22.7. The number of carbonyl (C=O) groups excluding carboxylic acids is 1. The number of rotatable bonds is 10. The number of methoxy groups -OCH3 is 1. The standard InChI is InChI=1S/C29H38N4O5/c1-20(2)30-26(34)19-33-27(21-7-5-8-22(17-21)37-4)31-25-10-9-23(18-24(25)28(33)35)38-16-6-13-32-14-11-29(3,36)12-15-32/h5,7-10,17-18,20,36H,6,11-16,19H2,1-4H3,(H,30,34). The fourth-order valence-corrected chi connectivity index (χ4v) is 4.67. The highest BCUT2D eigenvalue weighted by Crippen LogP contribution is 2.25. The number of ether oxygens (including phenoxy) is 2. The highest BCUT2D eigenvalue weighted by atomic mass is 16.5. The fourth-order valence-electron chi connectivity index (χ4n) is 4.67. The van der Waals surface area contributed by atoms with E-state index in [1.165, 1.54) is 4.57 Å². The molecule has 2 heterocycles. The van der Waals surface area contributed by atoms with Gasteiger partial charge in [0.25, 0.3) is 5.56 Å². The molecule has 0 unspecified atom stereocenters. The van der Waals surface area contributed by atoms with Gasteiger partial charge in [0, 0.05) is 31.2 Å². The minimum Gasteiger partial charge on any atom is -0.497 e. The van der Waals surface area contributed by atoms with Crippen molar-refractivity contribution in [2.24, 2.45) is 0 Å². The Labute approximate surface area is 223 Å². The minimum atomic E-state index is -0.555. The Kier molecular flexibility index (Phi) is 8.69. The number of aliphatic hydroxyl groups is 1. The molecule has 0 bridgehead atoms. The summed E-state index contributed by atoms with van der Waals surface area (Å²) in [7, 11) is 1.58. The lowest BCUT2D eigenvalue weighted by atomic mass is 9.94. The van der Waals surface area contributed by atoms with E-state index < -0.39 is 5.60 Å². The second-order valence-corrected chi connectivity index (χ2v) is 10.5. The predicted molar refractivity (Wildman–Crippen MR) is 148 cm³/mol. The molecule has 2 aromatic carbocycles. The third kappa shape index (κ3) is 6.90. The molecule has 0 spiro atoms. The number of fused-ring (bicyclic) bond motifs is 1. The van der Waals surface area contributed by atoms with Crippen LogP contribution in [0.25, 0.3) is 22.3 Å². The van der Waals surface area contributed by atoms with E-state index in [0.717, 1.165) is 38.9 Å². The summed E-state index contributed by atoms with van der Waals surface area (Å²) in [5.41, 5.74) is 0.347. The van der Waals surface area contributed by atoms with Crippen molar-refractivity contribution in [3.63, 3.8) is 0 Å². The lowest BCUT2D eigenvalue weighted by Crippen LogP contribution is -2.42. The quantitative estimate of drug-likeness (QED) is 0.394. The Balaban J connectivity index is 1.55. The SMILES string of the molecule is COc1cccc(-c2nc3ccc(OCCCN4CCC(C)(O)CC4)cc3c(=O)n2CC(=O)NC(C)C)c1. The summed E-state index contributed by atoms with van der Waals surface area (Å²) in [6.07, 6.45) is 2.41. The molecule has 204 valence electrons. The van der Waals surface area contributed by atoms with Crippen LogP contribution < -0.4 is 20.3 Å². The molecule has 9 heteroatoms. The first-order valence-corrected chi connectivity index (χ1v) is 13.2. The summed E-state index contributed by atoms with van der Waals surface area (Å²) in [6.45, 7) is 8.67. The van der Waals surface area contributed by atoms with Crippen LogP contribution in [0.1, 0.15) is 40.0 Å². The van der Waals surface area contributed by atoms with Crippen LogP contribution in [0.2, 0.25) is 0 Å². The van der Waals surface area contributed by atoms with Crippen molar-refractivity contribution in [3.8, 4) is 22.9 Å². The van der Waals surface area contributed by atoms with Gasteiger partial charge in [-0.15, -0.1) is 0 Å². The first-order chi connectivity index (χ1) is 18.1. The van der Waals surface area contributed by atoms with Crippen molar-refractivity contribution < 1.29 is 19.4 Å². The molecule has 1 aliphatic rings. The molecule has 38 heavy (non-hydrogen) atoms. The van der Waals surface area contributed by atoms with Crippen LogP contribution >= 0.6 is 0 Å². The molecule has 1 aliphatic heterocycles. The monoisotopic (exact) mass is 522 g/mol. The van der Waals surface area contributed by atoms with Gasteiger partial charge < -0.3 is 24.8 Å². The Morgan fingerprint density at radius 1 is 1.16 bits per heavy atom. The number of hydrogen-bond acceptors (Lipinski definition) is 7. The van der Waals surface area contributed by atoms with E-state index in [0.29, 0.717) is 40.4 Å². The van der Waals surface area contributed by atoms with Gasteiger partial charge in [0.05, 0.1) is 30.2 Å². The Bertz CT molecular complexity index is 1320. The molecule has 1 fully saturated rings. The van der Waals surface area contributed by atoms with Crippen molar-refractivity contribution in [2.45, 2.75) is 58.2 Å². The van der Waals surface area contributed by atoms with E-state index in [2.05, 4.69) is 10.2 Å². The van der Waals surface area contributed by atoms with Crippen LogP contribution in [0, 0.1) is 0 Å². The normalized spacial score (nSPS) is 15.5. The largest absolute Gasteiger partial charge is 0.497 e. The predicted octanol–water partition coefficient (Wildman–Crippen LogP) is 3.21. The van der Waals surface area contributed by atoms with Crippen molar-refractivity contribution >= 4 is 16.8 Å². The van der Waals surface area contributed by atoms with Crippen LogP contribution in [-0.4, -0.2) is 70.5 Å².